The van der Waals surface area contributed by atoms with E-state index in [1.807, 2.05) is 0 Å². The van der Waals surface area contributed by atoms with Crippen LogP contribution >= 0.6 is 15.9 Å². The molecule has 1 heterocycles. The minimum absolute atomic E-state index is 0.133. The van der Waals surface area contributed by atoms with Crippen LogP contribution in [0.5, 0.6) is 5.75 Å². The van der Waals surface area contributed by atoms with Gasteiger partial charge in [0, 0.05) is 6.20 Å². The fourth-order valence-corrected chi connectivity index (χ4v) is 1.29. The number of carboxylic acid groups (broad SMARTS) is 1. The topological polar surface area (TPSA) is 79.5 Å². The molecule has 0 amide bonds. The highest BCUT2D eigenvalue weighted by atomic mass is 79.9. The van der Waals surface area contributed by atoms with Crippen molar-refractivity contribution in [3.05, 3.63) is 27.1 Å². The average molecular weight is 248 g/mol. The van der Waals surface area contributed by atoms with Crippen LogP contribution in [0.4, 0.5) is 0 Å². The lowest BCUT2D eigenvalue weighted by Gasteiger charge is -2.03. The van der Waals surface area contributed by atoms with Gasteiger partial charge in [-0.2, -0.15) is 0 Å². The number of carboxylic acids is 1. The molecule has 5 nitrogen and oxygen atoms in total. The molecule has 0 saturated carbocycles. The third kappa shape index (κ3) is 2.32. The summed E-state index contributed by atoms with van der Waals surface area (Å²) in [5.41, 5.74) is -0.554. The van der Waals surface area contributed by atoms with Gasteiger partial charge in [-0.1, -0.05) is 0 Å². The highest BCUT2D eigenvalue weighted by molar-refractivity contribution is 9.10. The molecule has 70 valence electrons. The average Bonchev–Trinajstić information content (AvgIpc) is 1.98. The maximum absolute atomic E-state index is 10.9. The summed E-state index contributed by atoms with van der Waals surface area (Å²) >= 11 is 2.90. The van der Waals surface area contributed by atoms with Crippen molar-refractivity contribution in [3.63, 3.8) is 0 Å². The Labute approximate surface area is 81.4 Å². The molecule has 2 N–H and O–H groups in total. The van der Waals surface area contributed by atoms with Crippen molar-refractivity contribution in [2.45, 2.75) is 6.54 Å². The first-order valence-corrected chi connectivity index (χ1v) is 4.10. The van der Waals surface area contributed by atoms with Crippen molar-refractivity contribution in [1.29, 1.82) is 0 Å². The molecule has 0 aliphatic carbocycles. The number of nitrogens with zero attached hydrogens (tertiary/aromatic N) is 1. The van der Waals surface area contributed by atoms with Crippen LogP contribution in [0.2, 0.25) is 0 Å². The Balaban J connectivity index is 3.13. The molecule has 0 atom stereocenters. The third-order valence-electron chi connectivity index (χ3n) is 1.33. The van der Waals surface area contributed by atoms with Crippen molar-refractivity contribution in [1.82, 2.24) is 4.57 Å². The van der Waals surface area contributed by atoms with Crippen LogP contribution in [0.25, 0.3) is 0 Å². The van der Waals surface area contributed by atoms with Gasteiger partial charge in [0.25, 0.3) is 0 Å². The van der Waals surface area contributed by atoms with E-state index in [0.29, 0.717) is 0 Å². The van der Waals surface area contributed by atoms with E-state index in [0.717, 1.165) is 6.20 Å². The molecule has 0 saturated heterocycles. The lowest BCUT2D eigenvalue weighted by Crippen LogP contribution is -2.12. The number of aromatic hydroxyl groups is 1. The molecule has 0 aromatic carbocycles. The Kier molecular flexibility index (Phi) is 2.72. The largest absolute Gasteiger partial charge is 0.503 e. The number of aliphatic carboxylic acids is 1. The minimum atomic E-state index is -1.05. The Morgan fingerprint density at radius 3 is 2.62 bits per heavy atom. The molecule has 0 bridgehead atoms. The molecule has 1 aromatic rings. The van der Waals surface area contributed by atoms with Crippen molar-refractivity contribution in [2.75, 3.05) is 0 Å². The number of rotatable bonds is 2. The summed E-state index contributed by atoms with van der Waals surface area (Å²) in [6.07, 6.45) is 2.37. The molecule has 0 spiro atoms. The number of pyridine rings is 1. The smallest absolute Gasteiger partial charge is 0.323 e. The number of carbonyl (C=O) groups is 1. The summed E-state index contributed by atoms with van der Waals surface area (Å²) in [5, 5.41) is 17.5. The van der Waals surface area contributed by atoms with Gasteiger partial charge in [-0.05, 0) is 15.9 Å². The molecule has 1 aromatic heterocycles. The van der Waals surface area contributed by atoms with Gasteiger partial charge in [-0.25, -0.2) is 0 Å². The zero-order chi connectivity index (χ0) is 10.0. The fraction of sp³-hybridized carbons (Fsp3) is 0.143. The van der Waals surface area contributed by atoms with E-state index in [9.17, 15) is 9.59 Å². The van der Waals surface area contributed by atoms with E-state index in [1.54, 1.807) is 0 Å². The van der Waals surface area contributed by atoms with Gasteiger partial charge in [-0.15, -0.1) is 0 Å². The van der Waals surface area contributed by atoms with Gasteiger partial charge in [0.1, 0.15) is 6.54 Å². The quantitative estimate of drug-likeness (QED) is 0.793. The van der Waals surface area contributed by atoms with Crippen molar-refractivity contribution in [3.8, 4) is 5.75 Å². The molecule has 0 aliphatic rings. The Morgan fingerprint density at radius 2 is 2.15 bits per heavy atom. The molecule has 6 heteroatoms. The van der Waals surface area contributed by atoms with Gasteiger partial charge in [0.2, 0.25) is 5.43 Å². The molecule has 1 rings (SSSR count). The standard InChI is InChI=1S/C7H6BrNO4/c8-4-1-9(3-6(11)12)2-5(10)7(4)13/h1-2,10H,3H2,(H,11,12). The number of halogens is 1. The summed E-state index contributed by atoms with van der Waals surface area (Å²) in [5.74, 6) is -1.52. The SMILES string of the molecule is O=C(O)Cn1cc(O)c(=O)c(Br)c1. The molecular formula is C7H6BrNO4. The lowest BCUT2D eigenvalue weighted by atomic mass is 10.4. The minimum Gasteiger partial charge on any atom is -0.503 e. The first-order chi connectivity index (χ1) is 6.00. The lowest BCUT2D eigenvalue weighted by molar-refractivity contribution is -0.137. The highest BCUT2D eigenvalue weighted by Crippen LogP contribution is 2.08. The van der Waals surface area contributed by atoms with Crippen molar-refractivity contribution >= 4 is 21.9 Å². The van der Waals surface area contributed by atoms with Crippen molar-refractivity contribution in [2.24, 2.45) is 0 Å². The zero-order valence-corrected chi connectivity index (χ0v) is 7.98. The van der Waals surface area contributed by atoms with Crippen LogP contribution in [0.3, 0.4) is 0 Å². The maximum Gasteiger partial charge on any atom is 0.323 e. The normalized spacial score (nSPS) is 9.92. The molecule has 0 fully saturated rings. The molecule has 0 radical (unpaired) electrons. The van der Waals surface area contributed by atoms with E-state index in [4.69, 9.17) is 10.2 Å². The molecule has 0 aliphatic heterocycles. The summed E-state index contributed by atoms with van der Waals surface area (Å²) in [6.45, 7) is -0.299. The van der Waals surface area contributed by atoms with Crippen molar-refractivity contribution < 1.29 is 15.0 Å². The first kappa shape index (κ1) is 9.79. The number of hydrogen-bond acceptors (Lipinski definition) is 3. The van der Waals surface area contributed by atoms with Crippen LogP contribution in [0.15, 0.2) is 21.7 Å². The van der Waals surface area contributed by atoms with Gasteiger partial charge in [-0.3, -0.25) is 9.59 Å². The monoisotopic (exact) mass is 247 g/mol. The number of hydrogen-bond donors (Lipinski definition) is 2. The van der Waals surface area contributed by atoms with Gasteiger partial charge >= 0.3 is 5.97 Å². The maximum atomic E-state index is 10.9. The summed E-state index contributed by atoms with van der Waals surface area (Å²) < 4.78 is 1.33. The van der Waals surface area contributed by atoms with Crippen LogP contribution in [0, 0.1) is 0 Å². The van der Waals surface area contributed by atoms with Gasteiger partial charge < -0.3 is 14.8 Å². The second-order valence-electron chi connectivity index (χ2n) is 2.39. The van der Waals surface area contributed by atoms with Crippen LogP contribution < -0.4 is 5.43 Å². The highest BCUT2D eigenvalue weighted by Gasteiger charge is 2.05. The Bertz CT molecular complexity index is 372. The molecule has 13 heavy (non-hydrogen) atoms. The van der Waals surface area contributed by atoms with E-state index in [2.05, 4.69) is 15.9 Å². The van der Waals surface area contributed by atoms with E-state index in [-0.39, 0.29) is 11.0 Å². The summed E-state index contributed by atoms with van der Waals surface area (Å²) in [4.78, 5) is 21.2. The summed E-state index contributed by atoms with van der Waals surface area (Å²) in [6, 6.07) is 0. The van der Waals surface area contributed by atoms with E-state index >= 15 is 0 Å². The zero-order valence-electron chi connectivity index (χ0n) is 6.40. The van der Waals surface area contributed by atoms with Crippen LogP contribution in [-0.4, -0.2) is 20.7 Å². The fourth-order valence-electron chi connectivity index (χ4n) is 0.827. The van der Waals surface area contributed by atoms with Gasteiger partial charge in [0.15, 0.2) is 5.75 Å². The van der Waals surface area contributed by atoms with Gasteiger partial charge in [0.05, 0.1) is 10.7 Å². The predicted molar refractivity (Wildman–Crippen MR) is 47.7 cm³/mol. The van der Waals surface area contributed by atoms with Crippen LogP contribution in [-0.2, 0) is 11.3 Å². The first-order valence-electron chi connectivity index (χ1n) is 3.31. The second-order valence-corrected chi connectivity index (χ2v) is 3.24. The predicted octanol–water partition coefficient (Wildman–Crippen LogP) is 0.401. The molecule has 0 unspecified atom stereocenters. The number of aromatic nitrogens is 1. The van der Waals surface area contributed by atoms with E-state index in [1.165, 1.54) is 10.8 Å². The van der Waals surface area contributed by atoms with Crippen LogP contribution in [0.1, 0.15) is 0 Å². The summed E-state index contributed by atoms with van der Waals surface area (Å²) in [7, 11) is 0. The second kappa shape index (κ2) is 3.61. The molecular weight excluding hydrogens is 242 g/mol. The Morgan fingerprint density at radius 1 is 1.54 bits per heavy atom. The third-order valence-corrected chi connectivity index (χ3v) is 1.90. The Hall–Kier alpha value is -1.30. The van der Waals surface area contributed by atoms with E-state index < -0.39 is 17.1 Å².